The van der Waals surface area contributed by atoms with E-state index >= 15 is 0 Å². The summed E-state index contributed by atoms with van der Waals surface area (Å²) in [6.07, 6.45) is 24.1. The van der Waals surface area contributed by atoms with Crippen LogP contribution in [0.5, 0.6) is 0 Å². The van der Waals surface area contributed by atoms with Gasteiger partial charge in [-0.25, -0.2) is 36.1 Å². The second-order valence-electron chi connectivity index (χ2n) is 11.4. The number of hydrogen-bond acceptors (Lipinski definition) is 0. The minimum Gasteiger partial charge on any atom is -1.00 e. The van der Waals surface area contributed by atoms with Gasteiger partial charge in [0.05, 0.1) is 0 Å². The molecular formula is C30H48Cl2SiZr-2. The summed E-state index contributed by atoms with van der Waals surface area (Å²) in [6, 6.07) is 0. The maximum absolute atomic E-state index is 2.47. The maximum Gasteiger partial charge on any atom is -1.00 e. The second kappa shape index (κ2) is 17.0. The molecule has 2 fully saturated rings. The maximum atomic E-state index is 2.47. The monoisotopic (exact) mass is 596 g/mol. The van der Waals surface area contributed by atoms with Crippen LogP contribution in [0.25, 0.3) is 0 Å². The van der Waals surface area contributed by atoms with Gasteiger partial charge in [0.15, 0.2) is 0 Å². The molecule has 4 aliphatic rings. The molecule has 0 nitrogen and oxygen atoms in total. The normalized spacial score (nSPS) is 30.7. The molecule has 6 atom stereocenters. The van der Waals surface area contributed by atoms with Crippen LogP contribution in [-0.4, -0.2) is 5.43 Å². The Kier molecular flexibility index (Phi) is 17.2. The van der Waals surface area contributed by atoms with Crippen molar-refractivity contribution in [3.63, 3.8) is 0 Å². The summed E-state index contributed by atoms with van der Waals surface area (Å²) >= 11 is 1.74. The van der Waals surface area contributed by atoms with Crippen LogP contribution in [0.2, 0.25) is 13.1 Å². The van der Waals surface area contributed by atoms with E-state index in [-0.39, 0.29) is 30.2 Å². The van der Waals surface area contributed by atoms with E-state index in [0.29, 0.717) is 0 Å². The van der Waals surface area contributed by atoms with E-state index in [0.717, 1.165) is 47.3 Å². The Morgan fingerprint density at radius 3 is 1.38 bits per heavy atom. The Morgan fingerprint density at radius 1 is 0.765 bits per heavy atom. The van der Waals surface area contributed by atoms with Crippen LogP contribution in [-0.2, 0) is 23.3 Å². The number of allylic oxidation sites excluding steroid dienone is 8. The average molecular weight is 599 g/mol. The van der Waals surface area contributed by atoms with Crippen molar-refractivity contribution in [3.8, 4) is 0 Å². The summed E-state index contributed by atoms with van der Waals surface area (Å²) in [4.78, 5) is 0. The first-order valence-electron chi connectivity index (χ1n) is 13.0. The van der Waals surface area contributed by atoms with E-state index in [1.807, 2.05) is 0 Å². The van der Waals surface area contributed by atoms with Crippen molar-refractivity contribution in [2.75, 3.05) is 0 Å². The van der Waals surface area contributed by atoms with Gasteiger partial charge in [-0.15, -0.1) is 24.3 Å². The van der Waals surface area contributed by atoms with Crippen LogP contribution >= 0.6 is 0 Å². The third kappa shape index (κ3) is 10.8. The molecule has 6 unspecified atom stereocenters. The zero-order chi connectivity index (χ0) is 23.8. The minimum atomic E-state index is 0. The zero-order valence-electron chi connectivity index (χ0n) is 22.8. The molecule has 0 radical (unpaired) electrons. The van der Waals surface area contributed by atoms with Crippen LogP contribution in [0.4, 0.5) is 0 Å². The molecule has 0 amide bonds. The zero-order valence-corrected chi connectivity index (χ0v) is 27.8. The summed E-state index contributed by atoms with van der Waals surface area (Å²) in [5.41, 5.74) is 3.41. The molecule has 4 rings (SSSR count). The average Bonchev–Trinajstić information content (AvgIpc) is 3.08. The number of rotatable bonds is 2. The van der Waals surface area contributed by atoms with Gasteiger partial charge >= 0.3 is 41.9 Å². The fourth-order valence-corrected chi connectivity index (χ4v) is 5.95. The van der Waals surface area contributed by atoms with Crippen molar-refractivity contribution < 1.29 is 48.1 Å². The van der Waals surface area contributed by atoms with E-state index in [4.69, 9.17) is 0 Å². The molecule has 0 spiro atoms. The Balaban J connectivity index is 0.000000528. The molecule has 0 heterocycles. The van der Waals surface area contributed by atoms with Crippen LogP contribution in [0, 0.1) is 60.2 Å². The Labute approximate surface area is 240 Å². The van der Waals surface area contributed by atoms with Crippen molar-refractivity contribution in [1.82, 2.24) is 0 Å². The van der Waals surface area contributed by atoms with Crippen molar-refractivity contribution in [2.24, 2.45) is 47.3 Å². The first-order valence-corrected chi connectivity index (χ1v) is 19.2. The number of fused-ring (bicyclic) bond motifs is 2. The molecule has 0 N–H and O–H groups in total. The third-order valence-corrected chi connectivity index (χ3v) is 7.47. The van der Waals surface area contributed by atoms with Gasteiger partial charge in [-0.1, -0.05) is 66.2 Å². The van der Waals surface area contributed by atoms with Crippen molar-refractivity contribution in [2.45, 2.75) is 80.3 Å². The summed E-state index contributed by atoms with van der Waals surface area (Å²) in [5, 5.41) is 0. The van der Waals surface area contributed by atoms with E-state index < -0.39 is 0 Å². The van der Waals surface area contributed by atoms with Gasteiger partial charge in [-0.05, 0) is 48.3 Å². The molecular weight excluding hydrogens is 551 g/mol. The van der Waals surface area contributed by atoms with Gasteiger partial charge in [0.25, 0.3) is 0 Å². The quantitative estimate of drug-likeness (QED) is 0.339. The van der Waals surface area contributed by atoms with E-state index in [1.165, 1.54) is 25.7 Å². The molecule has 4 aliphatic carbocycles. The molecule has 192 valence electrons. The van der Waals surface area contributed by atoms with Gasteiger partial charge in [0.1, 0.15) is 0 Å². The smallest absolute Gasteiger partial charge is 1.00 e. The predicted octanol–water partition coefficient (Wildman–Crippen LogP) is 2.80. The van der Waals surface area contributed by atoms with Crippen LogP contribution in [0.15, 0.2) is 47.6 Å². The molecule has 4 heteroatoms. The van der Waals surface area contributed by atoms with Gasteiger partial charge in [-0.2, -0.15) is 0 Å². The standard InChI is InChI=1S/2C14H21.C2H6Si.2ClH.Zr/c2*1-10(2)13-7-5-4-6-12-8-11(3)9-14(12)13;1-3-2;;;/h2*4-6,8,10-11,13-14H,7,9H2,1-3H3;1-2H3;2*1H;/q2*-1;;;;+2/p-2. The summed E-state index contributed by atoms with van der Waals surface area (Å²) in [7, 11) is 0. The van der Waals surface area contributed by atoms with E-state index in [9.17, 15) is 0 Å². The molecule has 0 aromatic rings. The summed E-state index contributed by atoms with van der Waals surface area (Å²) in [6.45, 7) is 18.8. The van der Waals surface area contributed by atoms with Crippen LogP contribution in [0.1, 0.15) is 67.2 Å². The summed E-state index contributed by atoms with van der Waals surface area (Å²) in [5.74, 6) is 6.59. The fraction of sp³-hybridized carbons (Fsp3) is 0.667. The molecule has 0 aromatic heterocycles. The molecule has 2 saturated carbocycles. The van der Waals surface area contributed by atoms with Gasteiger partial charge in [0.2, 0.25) is 0 Å². The topological polar surface area (TPSA) is 0 Å². The van der Waals surface area contributed by atoms with Gasteiger partial charge in [-0.3, -0.25) is 0 Å². The Bertz CT molecular complexity index is 674. The molecule has 0 aliphatic heterocycles. The van der Waals surface area contributed by atoms with Gasteiger partial charge < -0.3 is 24.8 Å². The molecule has 34 heavy (non-hydrogen) atoms. The van der Waals surface area contributed by atoms with Crippen molar-refractivity contribution in [1.29, 1.82) is 0 Å². The first-order chi connectivity index (χ1) is 15.1. The SMILES string of the molecule is CC1[CH-]C2=CC=CCC(C(C)C)C2C1.CC1[CH-]C2=CC=CCC(C(C)C)C2C1.C[Si](C)=[Zr+2].[Cl-].[Cl-]. The largest absolute Gasteiger partial charge is 1.00 e. The molecule has 0 saturated heterocycles. The summed E-state index contributed by atoms with van der Waals surface area (Å²) < 4.78 is 0. The van der Waals surface area contributed by atoms with Crippen molar-refractivity contribution >= 4 is 5.43 Å². The number of halogens is 2. The molecule has 0 bridgehead atoms. The van der Waals surface area contributed by atoms with Crippen LogP contribution in [0.3, 0.4) is 0 Å². The van der Waals surface area contributed by atoms with Crippen molar-refractivity contribution in [3.05, 3.63) is 60.4 Å². The third-order valence-electron chi connectivity index (χ3n) is 7.47. The Hall–Kier alpha value is 0.380. The van der Waals surface area contributed by atoms with E-state index in [2.05, 4.69) is 104 Å². The Morgan fingerprint density at radius 2 is 1.09 bits per heavy atom. The van der Waals surface area contributed by atoms with Gasteiger partial charge in [0, 0.05) is 0 Å². The first kappa shape index (κ1) is 34.4. The second-order valence-corrected chi connectivity index (χ2v) is 20.8. The number of hydrogen-bond donors (Lipinski definition) is 0. The van der Waals surface area contributed by atoms with E-state index in [1.54, 1.807) is 34.5 Å². The molecule has 0 aromatic carbocycles. The fourth-order valence-electron chi connectivity index (χ4n) is 5.95. The van der Waals surface area contributed by atoms with Crippen LogP contribution < -0.4 is 24.8 Å². The minimum absolute atomic E-state index is 0. The predicted molar refractivity (Wildman–Crippen MR) is 141 cm³/mol.